The SMILES string of the molecule is C#CCNS(=O)(=O)c1ccc(C(=O)NCC(O)COc2c(OC)cccc2OC)cc1. The van der Waals surface area contributed by atoms with Gasteiger partial charge in [-0.15, -0.1) is 6.42 Å². The highest BCUT2D eigenvalue weighted by Gasteiger charge is 2.16. The maximum Gasteiger partial charge on any atom is 0.251 e. The van der Waals surface area contributed by atoms with Gasteiger partial charge in [-0.05, 0) is 36.4 Å². The van der Waals surface area contributed by atoms with Crippen molar-refractivity contribution in [1.82, 2.24) is 10.0 Å². The lowest BCUT2D eigenvalue weighted by molar-refractivity contribution is 0.0833. The van der Waals surface area contributed by atoms with E-state index in [9.17, 15) is 18.3 Å². The fourth-order valence-electron chi connectivity index (χ4n) is 2.52. The van der Waals surface area contributed by atoms with Gasteiger partial charge in [0.25, 0.3) is 5.91 Å². The lowest BCUT2D eigenvalue weighted by Crippen LogP contribution is -2.35. The molecule has 0 heterocycles. The molecular weight excluding hydrogens is 424 g/mol. The molecule has 0 saturated heterocycles. The summed E-state index contributed by atoms with van der Waals surface area (Å²) in [5.74, 6) is 2.94. The first-order chi connectivity index (χ1) is 14.8. The van der Waals surface area contributed by atoms with Crippen LogP contribution in [0.4, 0.5) is 0 Å². The van der Waals surface area contributed by atoms with Crippen LogP contribution >= 0.6 is 0 Å². The summed E-state index contributed by atoms with van der Waals surface area (Å²) in [5.41, 5.74) is 0.232. The van der Waals surface area contributed by atoms with Crippen molar-refractivity contribution in [3.05, 3.63) is 48.0 Å². The van der Waals surface area contributed by atoms with Crippen LogP contribution in [0.25, 0.3) is 0 Å². The minimum absolute atomic E-state index is 0.0153. The van der Waals surface area contributed by atoms with Crippen LogP contribution in [-0.4, -0.2) is 59.5 Å². The molecule has 3 N–H and O–H groups in total. The number of hydrogen-bond donors (Lipinski definition) is 3. The molecule has 166 valence electrons. The second-order valence-corrected chi connectivity index (χ2v) is 7.99. The van der Waals surface area contributed by atoms with Crippen molar-refractivity contribution in [2.45, 2.75) is 11.0 Å². The first-order valence-corrected chi connectivity index (χ1v) is 10.6. The van der Waals surface area contributed by atoms with Crippen LogP contribution in [0.15, 0.2) is 47.4 Å². The molecule has 2 rings (SSSR count). The second kappa shape index (κ2) is 11.2. The molecule has 0 radical (unpaired) electrons. The van der Waals surface area contributed by atoms with E-state index in [1.807, 2.05) is 0 Å². The minimum atomic E-state index is -3.74. The Kier molecular flexibility index (Phi) is 8.69. The quantitative estimate of drug-likeness (QED) is 0.434. The Morgan fingerprint density at radius 1 is 1.13 bits per heavy atom. The predicted molar refractivity (Wildman–Crippen MR) is 114 cm³/mol. The average Bonchev–Trinajstić information content (AvgIpc) is 2.79. The van der Waals surface area contributed by atoms with E-state index in [4.69, 9.17) is 20.6 Å². The molecular formula is C21H24N2O7S. The van der Waals surface area contributed by atoms with E-state index in [1.165, 1.54) is 38.5 Å². The lowest BCUT2D eigenvalue weighted by atomic mass is 10.2. The number of aliphatic hydroxyl groups excluding tert-OH is 1. The van der Waals surface area contributed by atoms with Gasteiger partial charge in [0.2, 0.25) is 15.8 Å². The number of terminal acetylenes is 1. The summed E-state index contributed by atoms with van der Waals surface area (Å²) in [6.45, 7) is -0.333. The van der Waals surface area contributed by atoms with Gasteiger partial charge in [-0.3, -0.25) is 4.79 Å². The first kappa shape index (κ1) is 24.0. The topological polar surface area (TPSA) is 123 Å². The third kappa shape index (κ3) is 6.62. The van der Waals surface area contributed by atoms with Crippen molar-refractivity contribution >= 4 is 15.9 Å². The highest BCUT2D eigenvalue weighted by Crippen LogP contribution is 2.36. The van der Waals surface area contributed by atoms with Crippen molar-refractivity contribution in [3.63, 3.8) is 0 Å². The van der Waals surface area contributed by atoms with Crippen LogP contribution in [0.5, 0.6) is 17.2 Å². The number of carbonyl (C=O) groups is 1. The van der Waals surface area contributed by atoms with Gasteiger partial charge < -0.3 is 24.6 Å². The number of carbonyl (C=O) groups excluding carboxylic acids is 1. The van der Waals surface area contributed by atoms with Crippen molar-refractivity contribution in [1.29, 1.82) is 0 Å². The summed E-state index contributed by atoms with van der Waals surface area (Å²) >= 11 is 0. The molecule has 0 aliphatic carbocycles. The van der Waals surface area contributed by atoms with E-state index >= 15 is 0 Å². The number of hydrogen-bond acceptors (Lipinski definition) is 7. The van der Waals surface area contributed by atoms with Crippen molar-refractivity contribution < 1.29 is 32.5 Å². The third-order valence-corrected chi connectivity index (χ3v) is 5.51. The summed E-state index contributed by atoms with van der Waals surface area (Å²) in [6, 6.07) is 10.4. The summed E-state index contributed by atoms with van der Waals surface area (Å²) < 4.78 is 42.3. The summed E-state index contributed by atoms with van der Waals surface area (Å²) in [7, 11) is -0.765. The maximum absolute atomic E-state index is 12.3. The first-order valence-electron chi connectivity index (χ1n) is 9.15. The molecule has 9 nitrogen and oxygen atoms in total. The highest BCUT2D eigenvalue weighted by atomic mass is 32.2. The number of nitrogens with one attached hydrogen (secondary N) is 2. The van der Waals surface area contributed by atoms with Gasteiger partial charge in [-0.2, -0.15) is 4.72 Å². The van der Waals surface area contributed by atoms with Crippen LogP contribution in [-0.2, 0) is 10.0 Å². The van der Waals surface area contributed by atoms with Crippen molar-refractivity contribution in [2.24, 2.45) is 0 Å². The molecule has 0 aliphatic heterocycles. The number of sulfonamides is 1. The number of rotatable bonds is 11. The molecule has 31 heavy (non-hydrogen) atoms. The van der Waals surface area contributed by atoms with E-state index in [1.54, 1.807) is 18.2 Å². The van der Waals surface area contributed by atoms with Crippen LogP contribution in [0, 0.1) is 12.3 Å². The molecule has 0 aliphatic rings. The van der Waals surface area contributed by atoms with Gasteiger partial charge in [-0.25, -0.2) is 8.42 Å². The van der Waals surface area contributed by atoms with Gasteiger partial charge in [0.15, 0.2) is 11.5 Å². The molecule has 1 atom stereocenters. The summed E-state index contributed by atoms with van der Waals surface area (Å²) in [4.78, 5) is 12.2. The van der Waals surface area contributed by atoms with Crippen molar-refractivity contribution in [2.75, 3.05) is 33.9 Å². The number of benzene rings is 2. The standard InChI is InChI=1S/C21H24N2O7S/c1-4-12-23-31(26,27)17-10-8-15(9-11-17)21(25)22-13-16(24)14-30-20-18(28-2)6-5-7-19(20)29-3/h1,5-11,16,23-24H,12-14H2,2-3H3,(H,22,25). The third-order valence-electron chi connectivity index (χ3n) is 4.09. The zero-order valence-corrected chi connectivity index (χ0v) is 17.9. The van der Waals surface area contributed by atoms with E-state index in [-0.39, 0.29) is 30.2 Å². The Labute approximate surface area is 181 Å². The molecule has 2 aromatic carbocycles. The zero-order chi connectivity index (χ0) is 22.9. The fourth-order valence-corrected chi connectivity index (χ4v) is 3.45. The van der Waals surface area contributed by atoms with Crippen molar-refractivity contribution in [3.8, 4) is 29.6 Å². The zero-order valence-electron chi connectivity index (χ0n) is 17.1. The average molecular weight is 448 g/mol. The van der Waals surface area contributed by atoms with Gasteiger partial charge >= 0.3 is 0 Å². The Hall–Kier alpha value is -3.26. The number of aliphatic hydroxyl groups is 1. The number of methoxy groups -OCH3 is 2. The largest absolute Gasteiger partial charge is 0.493 e. The van der Waals surface area contributed by atoms with Gasteiger partial charge in [0.1, 0.15) is 12.7 Å². The minimum Gasteiger partial charge on any atom is -0.493 e. The van der Waals surface area contributed by atoms with Gasteiger partial charge in [0, 0.05) is 12.1 Å². The number of amides is 1. The van der Waals surface area contributed by atoms with E-state index in [0.717, 1.165) is 0 Å². The highest BCUT2D eigenvalue weighted by molar-refractivity contribution is 7.89. The molecule has 0 aromatic heterocycles. The maximum atomic E-state index is 12.3. The normalized spacial score (nSPS) is 11.8. The summed E-state index contributed by atoms with van der Waals surface area (Å²) in [6.07, 6.45) is 4.04. The smallest absolute Gasteiger partial charge is 0.251 e. The fraction of sp³-hybridized carbons (Fsp3) is 0.286. The van der Waals surface area contributed by atoms with E-state index < -0.39 is 22.0 Å². The molecule has 1 unspecified atom stereocenters. The summed E-state index contributed by atoms with van der Waals surface area (Å²) in [5, 5.41) is 12.7. The Balaban J connectivity index is 1.91. The predicted octanol–water partition coefficient (Wildman–Crippen LogP) is 0.785. The monoisotopic (exact) mass is 448 g/mol. The molecule has 10 heteroatoms. The molecule has 0 fully saturated rings. The molecule has 1 amide bonds. The van der Waals surface area contributed by atoms with Crippen LogP contribution < -0.4 is 24.2 Å². The Bertz CT molecular complexity index is 1010. The van der Waals surface area contributed by atoms with Crippen LogP contribution in [0.3, 0.4) is 0 Å². The van der Waals surface area contributed by atoms with Crippen LogP contribution in [0.1, 0.15) is 10.4 Å². The number of ether oxygens (including phenoxy) is 3. The molecule has 2 aromatic rings. The van der Waals surface area contributed by atoms with Gasteiger partial charge in [0.05, 0.1) is 25.7 Å². The Morgan fingerprint density at radius 2 is 1.74 bits per heavy atom. The molecule has 0 saturated carbocycles. The lowest BCUT2D eigenvalue weighted by Gasteiger charge is -2.17. The second-order valence-electron chi connectivity index (χ2n) is 6.22. The number of para-hydroxylation sites is 1. The Morgan fingerprint density at radius 3 is 2.29 bits per heavy atom. The molecule has 0 spiro atoms. The van der Waals surface area contributed by atoms with Gasteiger partial charge in [-0.1, -0.05) is 12.0 Å². The van der Waals surface area contributed by atoms with Crippen LogP contribution in [0.2, 0.25) is 0 Å². The van der Waals surface area contributed by atoms with E-state index in [0.29, 0.717) is 17.2 Å². The van der Waals surface area contributed by atoms with E-state index in [2.05, 4.69) is 16.0 Å². The molecule has 0 bridgehead atoms.